The average molecular weight is 364 g/mol. The first kappa shape index (κ1) is 16.4. The summed E-state index contributed by atoms with van der Waals surface area (Å²) in [5.41, 5.74) is 4.11. The zero-order chi connectivity index (χ0) is 18.3. The fraction of sp³-hybridized carbons (Fsp3) is 0.0952. The van der Waals surface area contributed by atoms with Gasteiger partial charge in [0.1, 0.15) is 0 Å². The van der Waals surface area contributed by atoms with Crippen molar-refractivity contribution in [3.8, 4) is 17.2 Å². The van der Waals surface area contributed by atoms with E-state index in [0.29, 0.717) is 17.1 Å². The van der Waals surface area contributed by atoms with Crippen LogP contribution >= 0.6 is 11.3 Å². The van der Waals surface area contributed by atoms with Gasteiger partial charge in [-0.25, -0.2) is 0 Å². The molecule has 1 N–H and O–H groups in total. The van der Waals surface area contributed by atoms with Crippen molar-refractivity contribution in [1.29, 1.82) is 0 Å². The number of thiophene rings is 1. The maximum absolute atomic E-state index is 12.7. The highest BCUT2D eigenvalue weighted by atomic mass is 32.1. The van der Waals surface area contributed by atoms with Crippen molar-refractivity contribution >= 4 is 28.8 Å². The van der Waals surface area contributed by atoms with E-state index in [9.17, 15) is 9.90 Å². The standard InChI is InChI=1S/C21H16O4S/c1-24-17-10-12(11-18(25-2)20(17)23)9-16-13-5-3-4-6-14(13)19(22)15-7-8-26-21(15)16/h3-11,23H,1-2H3/b16-9+. The van der Waals surface area contributed by atoms with E-state index in [0.717, 1.165) is 27.1 Å². The molecule has 0 amide bonds. The Balaban J connectivity index is 1.95. The minimum absolute atomic E-state index is 0.0341. The molecule has 0 unspecified atom stereocenters. The lowest BCUT2D eigenvalue weighted by molar-refractivity contribution is 0.103. The Morgan fingerprint density at radius 3 is 2.27 bits per heavy atom. The van der Waals surface area contributed by atoms with Crippen molar-refractivity contribution in [2.45, 2.75) is 0 Å². The first-order valence-corrected chi connectivity index (χ1v) is 8.90. The van der Waals surface area contributed by atoms with Crippen molar-refractivity contribution < 1.29 is 19.4 Å². The van der Waals surface area contributed by atoms with Crippen LogP contribution in [0.2, 0.25) is 0 Å². The molecule has 0 saturated carbocycles. The van der Waals surface area contributed by atoms with E-state index < -0.39 is 0 Å². The largest absolute Gasteiger partial charge is 0.502 e. The van der Waals surface area contributed by atoms with E-state index in [2.05, 4.69) is 0 Å². The summed E-state index contributed by atoms with van der Waals surface area (Å²) >= 11 is 1.54. The minimum Gasteiger partial charge on any atom is -0.502 e. The molecule has 0 aliphatic heterocycles. The summed E-state index contributed by atoms with van der Waals surface area (Å²) in [7, 11) is 2.99. The fourth-order valence-electron chi connectivity index (χ4n) is 3.19. The molecule has 3 aromatic rings. The summed E-state index contributed by atoms with van der Waals surface area (Å²) in [5, 5.41) is 12.1. The van der Waals surface area contributed by atoms with Gasteiger partial charge in [-0.1, -0.05) is 24.3 Å². The van der Waals surface area contributed by atoms with Gasteiger partial charge in [0, 0.05) is 21.6 Å². The predicted molar refractivity (Wildman–Crippen MR) is 102 cm³/mol. The first-order chi connectivity index (χ1) is 12.6. The second-order valence-corrected chi connectivity index (χ2v) is 6.79. The van der Waals surface area contributed by atoms with Crippen LogP contribution in [0.1, 0.15) is 31.9 Å². The van der Waals surface area contributed by atoms with Crippen molar-refractivity contribution in [3.63, 3.8) is 0 Å². The van der Waals surface area contributed by atoms with Gasteiger partial charge in [-0.15, -0.1) is 11.3 Å². The van der Waals surface area contributed by atoms with Crippen LogP contribution in [0.3, 0.4) is 0 Å². The summed E-state index contributed by atoms with van der Waals surface area (Å²) < 4.78 is 10.5. The summed E-state index contributed by atoms with van der Waals surface area (Å²) in [4.78, 5) is 13.7. The van der Waals surface area contributed by atoms with Gasteiger partial charge in [-0.2, -0.15) is 0 Å². The number of benzene rings is 2. The van der Waals surface area contributed by atoms with Crippen LogP contribution < -0.4 is 9.47 Å². The Labute approximate surface area is 154 Å². The third kappa shape index (κ3) is 2.48. The van der Waals surface area contributed by atoms with Crippen LogP contribution in [0.15, 0.2) is 47.8 Å². The average Bonchev–Trinajstić information content (AvgIpc) is 3.16. The number of ether oxygens (including phenoxy) is 2. The number of phenols is 1. The molecule has 1 aliphatic rings. The third-order valence-corrected chi connectivity index (χ3v) is 5.38. The van der Waals surface area contributed by atoms with Gasteiger partial charge in [-0.3, -0.25) is 4.79 Å². The van der Waals surface area contributed by atoms with Gasteiger partial charge in [0.25, 0.3) is 0 Å². The van der Waals surface area contributed by atoms with Gasteiger partial charge < -0.3 is 14.6 Å². The van der Waals surface area contributed by atoms with E-state index in [-0.39, 0.29) is 11.5 Å². The molecule has 0 bridgehead atoms. The number of carbonyl (C=O) groups excluding carboxylic acids is 1. The zero-order valence-corrected chi connectivity index (χ0v) is 15.1. The number of rotatable bonds is 3. The Morgan fingerprint density at radius 2 is 1.62 bits per heavy atom. The van der Waals surface area contributed by atoms with E-state index in [4.69, 9.17) is 9.47 Å². The number of carbonyl (C=O) groups is 1. The molecule has 1 aromatic heterocycles. The molecule has 26 heavy (non-hydrogen) atoms. The lowest BCUT2D eigenvalue weighted by atomic mass is 9.85. The minimum atomic E-state index is -0.0341. The highest BCUT2D eigenvalue weighted by Crippen LogP contribution is 2.42. The van der Waals surface area contributed by atoms with Gasteiger partial charge in [0.2, 0.25) is 5.75 Å². The van der Waals surface area contributed by atoms with E-state index >= 15 is 0 Å². The Kier molecular flexibility index (Phi) is 4.01. The number of fused-ring (bicyclic) bond motifs is 2. The second-order valence-electron chi connectivity index (χ2n) is 5.87. The molecular formula is C21H16O4S. The third-order valence-electron chi connectivity index (χ3n) is 4.43. The fourth-order valence-corrected chi connectivity index (χ4v) is 4.11. The van der Waals surface area contributed by atoms with Gasteiger partial charge in [0.15, 0.2) is 17.3 Å². The lowest BCUT2D eigenvalue weighted by Crippen LogP contribution is -2.11. The Bertz CT molecular complexity index is 1020. The molecule has 0 spiro atoms. The molecule has 5 heteroatoms. The van der Waals surface area contributed by atoms with Gasteiger partial charge in [-0.05, 0) is 40.8 Å². The van der Waals surface area contributed by atoms with Gasteiger partial charge in [0.05, 0.1) is 14.2 Å². The monoisotopic (exact) mass is 364 g/mol. The number of hydrogen-bond acceptors (Lipinski definition) is 5. The van der Waals surface area contributed by atoms with Crippen molar-refractivity contribution in [3.05, 3.63) is 75.0 Å². The number of hydrogen-bond donors (Lipinski definition) is 1. The number of ketones is 1. The predicted octanol–water partition coefficient (Wildman–Crippen LogP) is 4.60. The SMILES string of the molecule is COc1cc(/C=C2\c3ccccc3C(=O)c3ccsc32)cc(OC)c1O. The van der Waals surface area contributed by atoms with Crippen molar-refractivity contribution in [2.75, 3.05) is 14.2 Å². The molecule has 1 aliphatic carbocycles. The quantitative estimate of drug-likeness (QED) is 0.577. The molecule has 0 atom stereocenters. The summed E-state index contributed by atoms with van der Waals surface area (Å²) in [6, 6.07) is 13.0. The highest BCUT2D eigenvalue weighted by Gasteiger charge is 2.27. The molecule has 2 aromatic carbocycles. The smallest absolute Gasteiger partial charge is 0.200 e. The molecule has 4 nitrogen and oxygen atoms in total. The lowest BCUT2D eigenvalue weighted by Gasteiger charge is -2.19. The summed E-state index contributed by atoms with van der Waals surface area (Å²) in [6.45, 7) is 0. The topological polar surface area (TPSA) is 55.8 Å². The maximum atomic E-state index is 12.7. The molecule has 130 valence electrons. The highest BCUT2D eigenvalue weighted by molar-refractivity contribution is 7.11. The molecule has 0 radical (unpaired) electrons. The molecule has 0 fully saturated rings. The normalized spacial score (nSPS) is 14.1. The molecule has 0 saturated heterocycles. The van der Waals surface area contributed by atoms with E-state index in [1.165, 1.54) is 14.2 Å². The number of phenolic OH excluding ortho intramolecular Hbond substituents is 1. The number of methoxy groups -OCH3 is 2. The van der Waals surface area contributed by atoms with Crippen LogP contribution in [0.5, 0.6) is 17.2 Å². The van der Waals surface area contributed by atoms with Crippen LogP contribution in [0.4, 0.5) is 0 Å². The summed E-state index contributed by atoms with van der Waals surface area (Å²) in [5.74, 6) is 0.689. The zero-order valence-electron chi connectivity index (χ0n) is 14.3. The van der Waals surface area contributed by atoms with E-state index in [1.807, 2.05) is 41.8 Å². The summed E-state index contributed by atoms with van der Waals surface area (Å²) in [6.07, 6.45) is 1.99. The Hall–Kier alpha value is -3.05. The molecule has 4 rings (SSSR count). The van der Waals surface area contributed by atoms with Crippen LogP contribution in [0, 0.1) is 0 Å². The maximum Gasteiger partial charge on any atom is 0.200 e. The molecule has 1 heterocycles. The van der Waals surface area contributed by atoms with Crippen LogP contribution in [-0.2, 0) is 0 Å². The molecular weight excluding hydrogens is 348 g/mol. The second kappa shape index (κ2) is 6.35. The van der Waals surface area contributed by atoms with Crippen LogP contribution in [-0.4, -0.2) is 25.1 Å². The first-order valence-electron chi connectivity index (χ1n) is 8.02. The van der Waals surface area contributed by atoms with Gasteiger partial charge >= 0.3 is 0 Å². The van der Waals surface area contributed by atoms with Crippen molar-refractivity contribution in [1.82, 2.24) is 0 Å². The number of aromatic hydroxyl groups is 1. The Morgan fingerprint density at radius 1 is 0.962 bits per heavy atom. The van der Waals surface area contributed by atoms with E-state index in [1.54, 1.807) is 23.5 Å². The van der Waals surface area contributed by atoms with Crippen molar-refractivity contribution in [2.24, 2.45) is 0 Å². The van der Waals surface area contributed by atoms with Crippen LogP contribution in [0.25, 0.3) is 11.6 Å².